The number of amides is 1. The molecule has 0 aliphatic rings. The molecule has 0 spiro atoms. The van der Waals surface area contributed by atoms with Gasteiger partial charge in [-0.3, -0.25) is 9.36 Å². The van der Waals surface area contributed by atoms with Gasteiger partial charge in [0.15, 0.2) is 11.0 Å². The molecular weight excluding hydrogens is 388 g/mol. The molecule has 8 heteroatoms. The summed E-state index contributed by atoms with van der Waals surface area (Å²) in [5.41, 5.74) is 0.883. The molecule has 1 aromatic carbocycles. The monoisotopic (exact) mass is 414 g/mol. The number of benzene rings is 1. The number of carbonyl (C=O) groups excluding carboxylic acids is 1. The summed E-state index contributed by atoms with van der Waals surface area (Å²) in [4.78, 5) is 12.3. The quantitative estimate of drug-likeness (QED) is 0.536. The molecule has 0 saturated heterocycles. The molecule has 0 aliphatic carbocycles. The number of nitrogens with zero attached hydrogens (tertiary/aromatic N) is 3. The Bertz CT molecular complexity index is 937. The largest absolute Gasteiger partial charge is 0.497 e. The third kappa shape index (κ3) is 5.41. The van der Waals surface area contributed by atoms with E-state index in [-0.39, 0.29) is 17.7 Å². The molecule has 1 atom stereocenters. The Kier molecular flexibility index (Phi) is 6.98. The minimum Gasteiger partial charge on any atom is -0.497 e. The fourth-order valence-electron chi connectivity index (χ4n) is 2.66. The predicted molar refractivity (Wildman–Crippen MR) is 113 cm³/mol. The summed E-state index contributed by atoms with van der Waals surface area (Å²) >= 11 is 1.36. The molecule has 7 nitrogen and oxygen atoms in total. The van der Waals surface area contributed by atoms with E-state index in [0.717, 1.165) is 17.1 Å². The minimum atomic E-state index is -0.0216. The number of hydrogen-bond acceptors (Lipinski definition) is 6. The van der Waals surface area contributed by atoms with Gasteiger partial charge in [-0.15, -0.1) is 10.2 Å². The Morgan fingerprint density at radius 1 is 1.24 bits per heavy atom. The van der Waals surface area contributed by atoms with Crippen LogP contribution in [-0.4, -0.2) is 39.6 Å². The second-order valence-electron chi connectivity index (χ2n) is 7.09. The first-order valence-corrected chi connectivity index (χ1v) is 10.5. The molecule has 1 N–H and O–H groups in total. The maximum absolute atomic E-state index is 12.3. The second kappa shape index (κ2) is 9.65. The van der Waals surface area contributed by atoms with Gasteiger partial charge in [0.1, 0.15) is 11.5 Å². The van der Waals surface area contributed by atoms with Crippen LogP contribution in [0.3, 0.4) is 0 Å². The zero-order chi connectivity index (χ0) is 20.8. The molecule has 3 rings (SSSR count). The number of carbonyl (C=O) groups is 1. The average Bonchev–Trinajstić information content (AvgIpc) is 3.36. The Balaban J connectivity index is 1.83. The van der Waals surface area contributed by atoms with Gasteiger partial charge in [0.2, 0.25) is 5.91 Å². The molecule has 0 aliphatic heterocycles. The highest BCUT2D eigenvalue weighted by atomic mass is 32.2. The van der Waals surface area contributed by atoms with Crippen molar-refractivity contribution in [3.8, 4) is 17.1 Å². The fourth-order valence-corrected chi connectivity index (χ4v) is 3.41. The van der Waals surface area contributed by atoms with Gasteiger partial charge in [0, 0.05) is 11.6 Å². The van der Waals surface area contributed by atoms with E-state index in [1.54, 1.807) is 13.4 Å². The van der Waals surface area contributed by atoms with Crippen molar-refractivity contribution in [3.63, 3.8) is 0 Å². The Morgan fingerprint density at radius 2 is 2.07 bits per heavy atom. The number of furan rings is 1. The van der Waals surface area contributed by atoms with E-state index in [0.29, 0.717) is 23.4 Å². The average molecular weight is 415 g/mol. The van der Waals surface area contributed by atoms with E-state index < -0.39 is 0 Å². The number of hydrogen-bond donors (Lipinski definition) is 1. The standard InChI is InChI=1S/C21H26N4O3S/c1-14(2)15(3)22-19(26)13-29-21-24-23-20(16-7-5-8-17(11-16)27-4)25(21)12-18-9-6-10-28-18/h5-11,14-15H,12-13H2,1-4H3,(H,22,26). The number of methoxy groups -OCH3 is 1. The molecule has 1 unspecified atom stereocenters. The zero-order valence-corrected chi connectivity index (χ0v) is 17.9. The van der Waals surface area contributed by atoms with E-state index in [4.69, 9.17) is 9.15 Å². The van der Waals surface area contributed by atoms with E-state index in [2.05, 4.69) is 29.4 Å². The SMILES string of the molecule is COc1cccc(-c2nnc(SCC(=O)NC(C)C(C)C)n2Cc2ccco2)c1. The summed E-state index contributed by atoms with van der Waals surface area (Å²) in [6.45, 7) is 6.64. The van der Waals surface area contributed by atoms with E-state index in [9.17, 15) is 4.79 Å². The molecule has 0 fully saturated rings. The highest BCUT2D eigenvalue weighted by molar-refractivity contribution is 7.99. The van der Waals surface area contributed by atoms with E-state index in [1.807, 2.05) is 47.9 Å². The van der Waals surface area contributed by atoms with Gasteiger partial charge < -0.3 is 14.5 Å². The molecule has 154 valence electrons. The molecule has 2 aromatic heterocycles. The van der Waals surface area contributed by atoms with Crippen LogP contribution in [0.5, 0.6) is 5.75 Å². The number of nitrogens with one attached hydrogen (secondary N) is 1. The molecular formula is C21H26N4O3S. The lowest BCUT2D eigenvalue weighted by Crippen LogP contribution is -2.37. The van der Waals surface area contributed by atoms with Crippen LogP contribution < -0.4 is 10.1 Å². The Morgan fingerprint density at radius 3 is 2.76 bits per heavy atom. The van der Waals surface area contributed by atoms with Crippen molar-refractivity contribution in [1.29, 1.82) is 0 Å². The van der Waals surface area contributed by atoms with Crippen LogP contribution in [0.1, 0.15) is 26.5 Å². The van der Waals surface area contributed by atoms with Gasteiger partial charge in [0.05, 0.1) is 25.7 Å². The van der Waals surface area contributed by atoms with Crippen LogP contribution in [0.25, 0.3) is 11.4 Å². The van der Waals surface area contributed by atoms with Crippen LogP contribution in [0.4, 0.5) is 0 Å². The molecule has 1 amide bonds. The first kappa shape index (κ1) is 21.0. The molecule has 3 aromatic rings. The predicted octanol–water partition coefficient (Wildman–Crippen LogP) is 3.85. The summed E-state index contributed by atoms with van der Waals surface area (Å²) in [6.07, 6.45) is 1.64. The normalized spacial score (nSPS) is 12.2. The van der Waals surface area contributed by atoms with Crippen molar-refractivity contribution in [3.05, 3.63) is 48.4 Å². The summed E-state index contributed by atoms with van der Waals surface area (Å²) in [6, 6.07) is 11.5. The number of ether oxygens (including phenoxy) is 1. The summed E-state index contributed by atoms with van der Waals surface area (Å²) < 4.78 is 12.8. The van der Waals surface area contributed by atoms with Gasteiger partial charge in [-0.05, 0) is 37.1 Å². The highest BCUT2D eigenvalue weighted by Gasteiger charge is 2.18. The van der Waals surface area contributed by atoms with Crippen molar-refractivity contribution in [1.82, 2.24) is 20.1 Å². The minimum absolute atomic E-state index is 0.0216. The van der Waals surface area contributed by atoms with Crippen LogP contribution >= 0.6 is 11.8 Å². The third-order valence-corrected chi connectivity index (χ3v) is 5.63. The van der Waals surface area contributed by atoms with E-state index in [1.165, 1.54) is 11.8 Å². The summed E-state index contributed by atoms with van der Waals surface area (Å²) in [7, 11) is 1.63. The molecule has 2 heterocycles. The van der Waals surface area contributed by atoms with Gasteiger partial charge in [-0.2, -0.15) is 0 Å². The topological polar surface area (TPSA) is 82.2 Å². The van der Waals surface area contributed by atoms with Gasteiger partial charge in [-0.25, -0.2) is 0 Å². The van der Waals surface area contributed by atoms with Crippen LogP contribution in [0.2, 0.25) is 0 Å². The maximum Gasteiger partial charge on any atom is 0.230 e. The van der Waals surface area contributed by atoms with Crippen molar-refractivity contribution >= 4 is 17.7 Å². The third-order valence-electron chi connectivity index (χ3n) is 4.66. The number of aromatic nitrogens is 3. The Hall–Kier alpha value is -2.74. The lowest BCUT2D eigenvalue weighted by Gasteiger charge is -2.17. The van der Waals surface area contributed by atoms with Crippen molar-refractivity contribution in [2.24, 2.45) is 5.92 Å². The highest BCUT2D eigenvalue weighted by Crippen LogP contribution is 2.27. The fraction of sp³-hybridized carbons (Fsp3) is 0.381. The van der Waals surface area contributed by atoms with Gasteiger partial charge in [0.25, 0.3) is 0 Å². The Labute approximate surface area is 174 Å². The maximum atomic E-state index is 12.3. The second-order valence-corrected chi connectivity index (χ2v) is 8.04. The zero-order valence-electron chi connectivity index (χ0n) is 17.1. The molecule has 29 heavy (non-hydrogen) atoms. The van der Waals surface area contributed by atoms with Crippen molar-refractivity contribution in [2.45, 2.75) is 38.5 Å². The van der Waals surface area contributed by atoms with Gasteiger partial charge >= 0.3 is 0 Å². The number of rotatable bonds is 9. The first-order chi connectivity index (χ1) is 14.0. The lowest BCUT2D eigenvalue weighted by atomic mass is 10.1. The van der Waals surface area contributed by atoms with Crippen LogP contribution in [0, 0.1) is 5.92 Å². The summed E-state index contributed by atoms with van der Waals surface area (Å²) in [5, 5.41) is 12.4. The molecule has 0 radical (unpaired) electrons. The van der Waals surface area contributed by atoms with Crippen LogP contribution in [-0.2, 0) is 11.3 Å². The number of thioether (sulfide) groups is 1. The molecule has 0 bridgehead atoms. The van der Waals surface area contributed by atoms with Crippen molar-refractivity contribution in [2.75, 3.05) is 12.9 Å². The smallest absolute Gasteiger partial charge is 0.230 e. The van der Waals surface area contributed by atoms with Crippen molar-refractivity contribution < 1.29 is 13.9 Å². The van der Waals surface area contributed by atoms with Crippen LogP contribution in [0.15, 0.2) is 52.2 Å². The van der Waals surface area contributed by atoms with E-state index >= 15 is 0 Å². The molecule has 0 saturated carbocycles. The summed E-state index contributed by atoms with van der Waals surface area (Å²) in [5.74, 6) is 2.85. The first-order valence-electron chi connectivity index (χ1n) is 9.50. The van der Waals surface area contributed by atoms with Gasteiger partial charge in [-0.1, -0.05) is 37.7 Å². The lowest BCUT2D eigenvalue weighted by molar-refractivity contribution is -0.119.